The lowest BCUT2D eigenvalue weighted by atomic mass is 9.85. The van der Waals surface area contributed by atoms with Crippen molar-refractivity contribution >= 4 is 40.0 Å². The molecule has 0 aliphatic carbocycles. The van der Waals surface area contributed by atoms with Crippen molar-refractivity contribution < 1.29 is 33.1 Å². The van der Waals surface area contributed by atoms with Gasteiger partial charge in [0.2, 0.25) is 23.5 Å². The second-order valence-corrected chi connectivity index (χ2v) is 18.7. The van der Waals surface area contributed by atoms with Crippen molar-refractivity contribution in [2.45, 2.75) is 84.5 Å². The third-order valence-electron chi connectivity index (χ3n) is 12.1. The number of aromatic amines is 1. The molecule has 2 aliphatic heterocycles. The van der Waals surface area contributed by atoms with E-state index in [1.165, 1.54) is 0 Å². The first-order chi connectivity index (χ1) is 32.0. The van der Waals surface area contributed by atoms with E-state index in [0.717, 1.165) is 88.4 Å². The van der Waals surface area contributed by atoms with E-state index in [2.05, 4.69) is 46.3 Å². The molecule has 2 aliphatic rings. The molecule has 0 spiro atoms. The second-order valence-electron chi connectivity index (χ2n) is 17.9. The predicted octanol–water partition coefficient (Wildman–Crippen LogP) is 6.21. The molecule has 3 aromatic heterocycles. The third kappa shape index (κ3) is 11.6. The highest BCUT2D eigenvalue weighted by atomic mass is 32.1. The van der Waals surface area contributed by atoms with Gasteiger partial charge in [0.25, 0.3) is 0 Å². The summed E-state index contributed by atoms with van der Waals surface area (Å²) in [6.45, 7) is 12.7. The summed E-state index contributed by atoms with van der Waals surface area (Å²) in [4.78, 5) is 49.9. The number of nitrogens with zero attached hydrogens (tertiary/aromatic N) is 7. The molecule has 3 aromatic carbocycles. The van der Waals surface area contributed by atoms with Crippen LogP contribution in [0.15, 0.2) is 76.8 Å². The fraction of sp³-hybridized carbons (Fsp3) is 0.458. The monoisotopic (exact) mass is 918 g/mol. The Balaban J connectivity index is 0.700. The first kappa shape index (κ1) is 46.4. The summed E-state index contributed by atoms with van der Waals surface area (Å²) in [6, 6.07) is 20.3. The van der Waals surface area contributed by atoms with Crippen LogP contribution in [0.2, 0.25) is 0 Å². The molecule has 2 saturated heterocycles. The number of hydrogen-bond donors (Lipinski definition) is 3. The SMILES string of the molecule is Cc1ncsc1-c1ccc(CNC(=O)C2CCCN2C(=O)C(NC(=O)CCOCCOCCN2CCC(Oc3cccc(-c4onc5ccc(-c6nn[nH]n6)cc45)c3)CC2)C(C)(C)C)cc1. The number of likely N-dealkylation sites (tertiary alicyclic amines) is 2. The molecule has 3 amide bonds. The van der Waals surface area contributed by atoms with Gasteiger partial charge in [0.1, 0.15) is 29.5 Å². The minimum Gasteiger partial charge on any atom is -0.490 e. The van der Waals surface area contributed by atoms with Crippen LogP contribution in [0.4, 0.5) is 0 Å². The highest BCUT2D eigenvalue weighted by molar-refractivity contribution is 7.13. The van der Waals surface area contributed by atoms with Gasteiger partial charge >= 0.3 is 0 Å². The van der Waals surface area contributed by atoms with Gasteiger partial charge in [-0.15, -0.1) is 21.5 Å². The molecule has 18 heteroatoms. The lowest BCUT2D eigenvalue weighted by Gasteiger charge is -2.35. The first-order valence-corrected chi connectivity index (χ1v) is 23.5. The van der Waals surface area contributed by atoms with Crippen molar-refractivity contribution in [2.75, 3.05) is 52.6 Å². The van der Waals surface area contributed by atoms with E-state index in [1.54, 1.807) is 16.2 Å². The van der Waals surface area contributed by atoms with Gasteiger partial charge in [-0.05, 0) is 84.7 Å². The molecule has 2 fully saturated rings. The quantitative estimate of drug-likeness (QED) is 0.0775. The number of rotatable bonds is 19. The molecule has 6 aromatic rings. The molecule has 3 N–H and O–H groups in total. The fourth-order valence-electron chi connectivity index (χ4n) is 8.42. The summed E-state index contributed by atoms with van der Waals surface area (Å²) in [7, 11) is 0. The van der Waals surface area contributed by atoms with Crippen LogP contribution >= 0.6 is 11.3 Å². The number of carbonyl (C=O) groups excluding carboxylic acids is 3. The van der Waals surface area contributed by atoms with Crippen molar-refractivity contribution in [1.82, 2.24) is 51.2 Å². The van der Waals surface area contributed by atoms with E-state index in [0.29, 0.717) is 50.9 Å². The van der Waals surface area contributed by atoms with Crippen molar-refractivity contribution in [1.29, 1.82) is 0 Å². The highest BCUT2D eigenvalue weighted by Crippen LogP contribution is 2.34. The Morgan fingerprint density at radius 3 is 2.45 bits per heavy atom. The number of tetrazole rings is 1. The molecule has 2 atom stereocenters. The maximum absolute atomic E-state index is 14.0. The number of aromatic nitrogens is 6. The van der Waals surface area contributed by atoms with Gasteiger partial charge in [0.05, 0.1) is 47.9 Å². The van der Waals surface area contributed by atoms with E-state index >= 15 is 0 Å². The number of amides is 3. The zero-order valence-electron chi connectivity index (χ0n) is 38.0. The number of ether oxygens (including phenoxy) is 3. The van der Waals surface area contributed by atoms with Gasteiger partial charge in [-0.25, -0.2) is 4.98 Å². The molecule has 0 radical (unpaired) electrons. The number of thiazole rings is 1. The molecule has 0 saturated carbocycles. The number of benzene rings is 3. The van der Waals surface area contributed by atoms with Crippen LogP contribution in [0.1, 0.15) is 64.1 Å². The Morgan fingerprint density at radius 1 is 0.924 bits per heavy atom. The molecular weight excluding hydrogens is 861 g/mol. The summed E-state index contributed by atoms with van der Waals surface area (Å²) in [5.41, 5.74) is 6.74. The highest BCUT2D eigenvalue weighted by Gasteiger charge is 2.41. The average molecular weight is 919 g/mol. The zero-order valence-corrected chi connectivity index (χ0v) is 38.8. The first-order valence-electron chi connectivity index (χ1n) is 22.7. The van der Waals surface area contributed by atoms with Crippen LogP contribution in [0, 0.1) is 12.3 Å². The maximum Gasteiger partial charge on any atom is 0.246 e. The maximum atomic E-state index is 14.0. The Kier molecular flexibility index (Phi) is 15.1. The Morgan fingerprint density at radius 2 is 1.71 bits per heavy atom. The van der Waals surface area contributed by atoms with Gasteiger partial charge in [-0.2, -0.15) is 5.21 Å². The van der Waals surface area contributed by atoms with Gasteiger partial charge in [0.15, 0.2) is 5.76 Å². The summed E-state index contributed by atoms with van der Waals surface area (Å²) in [5.74, 6) is 1.22. The summed E-state index contributed by atoms with van der Waals surface area (Å²) < 4.78 is 23.8. The number of nitrogens with one attached hydrogen (secondary N) is 3. The van der Waals surface area contributed by atoms with E-state index in [-0.39, 0.29) is 36.9 Å². The fourth-order valence-corrected chi connectivity index (χ4v) is 9.23. The lowest BCUT2D eigenvalue weighted by molar-refractivity contribution is -0.144. The number of H-pyrrole nitrogens is 1. The number of fused-ring (bicyclic) bond motifs is 1. The molecule has 2 unspecified atom stereocenters. The zero-order chi connectivity index (χ0) is 46.0. The average Bonchev–Trinajstić information content (AvgIpc) is 4.17. The number of aryl methyl sites for hydroxylation is 1. The Labute approximate surface area is 387 Å². The van der Waals surface area contributed by atoms with Crippen LogP contribution in [0.5, 0.6) is 5.75 Å². The van der Waals surface area contributed by atoms with E-state index in [1.807, 2.05) is 99.9 Å². The van der Waals surface area contributed by atoms with Crippen molar-refractivity contribution in [2.24, 2.45) is 5.41 Å². The summed E-state index contributed by atoms with van der Waals surface area (Å²) in [6.07, 6.45) is 3.29. The van der Waals surface area contributed by atoms with E-state index in [4.69, 9.17) is 18.7 Å². The van der Waals surface area contributed by atoms with E-state index < -0.39 is 17.5 Å². The van der Waals surface area contributed by atoms with Crippen LogP contribution in [0.25, 0.3) is 44.1 Å². The number of carbonyl (C=O) groups is 3. The normalized spacial score (nSPS) is 16.4. The van der Waals surface area contributed by atoms with Crippen LogP contribution < -0.4 is 15.4 Å². The standard InChI is InChI=1S/C48H58N10O7S/c1-31-43(66-30-50-31)33-12-10-32(11-13-33)29-49-46(60)40-9-6-19-58(40)47(61)44(48(2,3)4)51-41(59)18-23-62-25-26-63-24-22-57-20-16-36(17-21-57)64-37-8-5-7-34(27-37)42-38-28-35(45-52-55-56-53-45)14-15-39(38)54-65-42/h5,7-8,10-15,27-28,30,36,40,44H,6,9,16-26,29H2,1-4H3,(H,49,60)(H,51,59)(H,52,53,55,56). The smallest absolute Gasteiger partial charge is 0.246 e. The molecular formula is C48H58N10O7S. The number of piperidine rings is 1. The third-order valence-corrected chi connectivity index (χ3v) is 13.1. The molecule has 66 heavy (non-hydrogen) atoms. The van der Waals surface area contributed by atoms with Crippen LogP contribution in [-0.2, 0) is 30.4 Å². The Bertz CT molecular complexity index is 2550. The second kappa shape index (κ2) is 21.5. The minimum atomic E-state index is -0.793. The molecule has 5 heterocycles. The minimum absolute atomic E-state index is 0.0969. The van der Waals surface area contributed by atoms with Crippen molar-refractivity contribution in [3.05, 3.63) is 83.5 Å². The van der Waals surface area contributed by atoms with Gasteiger partial charge < -0.3 is 39.2 Å². The lowest BCUT2D eigenvalue weighted by Crippen LogP contribution is -2.57. The van der Waals surface area contributed by atoms with Gasteiger partial charge in [-0.1, -0.05) is 62.3 Å². The topological polar surface area (TPSA) is 203 Å². The molecule has 0 bridgehead atoms. The summed E-state index contributed by atoms with van der Waals surface area (Å²) >= 11 is 1.60. The van der Waals surface area contributed by atoms with E-state index in [9.17, 15) is 14.4 Å². The van der Waals surface area contributed by atoms with Crippen LogP contribution in [0.3, 0.4) is 0 Å². The number of hydrogen-bond acceptors (Lipinski definition) is 14. The summed E-state index contributed by atoms with van der Waals surface area (Å²) in [5, 5.41) is 25.4. The predicted molar refractivity (Wildman–Crippen MR) is 249 cm³/mol. The van der Waals surface area contributed by atoms with Crippen molar-refractivity contribution in [3.8, 4) is 38.9 Å². The Hall–Kier alpha value is -6.08. The van der Waals surface area contributed by atoms with Crippen molar-refractivity contribution in [3.63, 3.8) is 0 Å². The van der Waals surface area contributed by atoms with Gasteiger partial charge in [-0.3, -0.25) is 14.4 Å². The van der Waals surface area contributed by atoms with Gasteiger partial charge in [0, 0.05) is 50.3 Å². The molecule has 8 rings (SSSR count). The molecule has 17 nitrogen and oxygen atoms in total. The molecule has 348 valence electrons. The van der Waals surface area contributed by atoms with Crippen LogP contribution in [-0.4, -0.2) is 129 Å². The largest absolute Gasteiger partial charge is 0.490 e.